The summed E-state index contributed by atoms with van der Waals surface area (Å²) in [5.41, 5.74) is 1.01. The van der Waals surface area contributed by atoms with Gasteiger partial charge in [-0.25, -0.2) is 0 Å². The lowest BCUT2D eigenvalue weighted by molar-refractivity contribution is 0.204. The molecule has 0 aliphatic heterocycles. The van der Waals surface area contributed by atoms with Crippen LogP contribution in [0.3, 0.4) is 0 Å². The van der Waals surface area contributed by atoms with Crippen molar-refractivity contribution in [1.29, 1.82) is 0 Å². The quantitative estimate of drug-likeness (QED) is 0.799. The van der Waals surface area contributed by atoms with Gasteiger partial charge in [-0.3, -0.25) is 0 Å². The Balaban J connectivity index is 2.44. The van der Waals surface area contributed by atoms with E-state index in [0.717, 1.165) is 11.3 Å². The lowest BCUT2D eigenvalue weighted by Gasteiger charge is -2.11. The van der Waals surface area contributed by atoms with Gasteiger partial charge in [0.1, 0.15) is 0 Å². The first-order chi connectivity index (χ1) is 6.20. The molecule has 1 rings (SSSR count). The standard InChI is InChI=1S/C11H16OS/c1-9(2)13-8-11(12)10-6-4-3-5-7-10/h3-7,9,11-12H,8H2,1-2H3. The van der Waals surface area contributed by atoms with E-state index >= 15 is 0 Å². The van der Waals surface area contributed by atoms with Crippen LogP contribution in [-0.4, -0.2) is 16.1 Å². The molecule has 1 aromatic carbocycles. The first kappa shape index (κ1) is 10.6. The number of hydrogen-bond donors (Lipinski definition) is 1. The highest BCUT2D eigenvalue weighted by molar-refractivity contribution is 7.99. The van der Waals surface area contributed by atoms with Crippen LogP contribution in [0.5, 0.6) is 0 Å². The summed E-state index contributed by atoms with van der Waals surface area (Å²) in [5, 5.41) is 10.3. The van der Waals surface area contributed by atoms with E-state index in [-0.39, 0.29) is 6.10 Å². The maximum atomic E-state index is 9.75. The maximum absolute atomic E-state index is 9.75. The molecule has 0 radical (unpaired) electrons. The Kier molecular flexibility index (Phi) is 4.33. The molecule has 0 fully saturated rings. The lowest BCUT2D eigenvalue weighted by atomic mass is 10.1. The van der Waals surface area contributed by atoms with Crippen LogP contribution >= 0.6 is 11.8 Å². The predicted octanol–water partition coefficient (Wildman–Crippen LogP) is 2.86. The van der Waals surface area contributed by atoms with Crippen molar-refractivity contribution in [1.82, 2.24) is 0 Å². The molecule has 13 heavy (non-hydrogen) atoms. The van der Waals surface area contributed by atoms with Crippen LogP contribution in [0.2, 0.25) is 0 Å². The van der Waals surface area contributed by atoms with Crippen molar-refractivity contribution in [2.45, 2.75) is 25.2 Å². The van der Waals surface area contributed by atoms with E-state index < -0.39 is 0 Å². The minimum absolute atomic E-state index is 0.325. The summed E-state index contributed by atoms with van der Waals surface area (Å²) in [6, 6.07) is 9.81. The first-order valence-corrected chi connectivity index (χ1v) is 5.59. The Morgan fingerprint density at radius 2 is 1.85 bits per heavy atom. The summed E-state index contributed by atoms with van der Waals surface area (Å²) >= 11 is 1.78. The van der Waals surface area contributed by atoms with Gasteiger partial charge in [0, 0.05) is 5.75 Å². The van der Waals surface area contributed by atoms with Gasteiger partial charge in [-0.1, -0.05) is 44.2 Å². The summed E-state index contributed by atoms with van der Waals surface area (Å²) in [7, 11) is 0. The molecule has 72 valence electrons. The van der Waals surface area contributed by atoms with Crippen LogP contribution in [-0.2, 0) is 0 Å². The van der Waals surface area contributed by atoms with Crippen LogP contribution < -0.4 is 0 Å². The third kappa shape index (κ3) is 3.83. The largest absolute Gasteiger partial charge is 0.388 e. The number of rotatable bonds is 4. The molecule has 1 nitrogen and oxygen atoms in total. The fourth-order valence-corrected chi connectivity index (χ4v) is 1.81. The van der Waals surface area contributed by atoms with E-state index in [1.165, 1.54) is 0 Å². The summed E-state index contributed by atoms with van der Waals surface area (Å²) in [5.74, 6) is 0.779. The van der Waals surface area contributed by atoms with Crippen molar-refractivity contribution >= 4 is 11.8 Å². The van der Waals surface area contributed by atoms with Crippen molar-refractivity contribution in [3.05, 3.63) is 35.9 Å². The van der Waals surface area contributed by atoms with Gasteiger partial charge in [0.05, 0.1) is 6.10 Å². The van der Waals surface area contributed by atoms with E-state index in [1.54, 1.807) is 11.8 Å². The maximum Gasteiger partial charge on any atom is 0.0880 e. The normalized spacial score (nSPS) is 13.2. The van der Waals surface area contributed by atoms with Crippen LogP contribution in [0.15, 0.2) is 30.3 Å². The Morgan fingerprint density at radius 1 is 1.23 bits per heavy atom. The predicted molar refractivity (Wildman–Crippen MR) is 59.0 cm³/mol. The summed E-state index contributed by atoms with van der Waals surface area (Å²) in [6.07, 6.45) is -0.325. The van der Waals surface area contributed by atoms with Gasteiger partial charge >= 0.3 is 0 Å². The highest BCUT2D eigenvalue weighted by atomic mass is 32.2. The van der Waals surface area contributed by atoms with E-state index in [9.17, 15) is 5.11 Å². The average Bonchev–Trinajstić information content (AvgIpc) is 2.15. The number of hydrogen-bond acceptors (Lipinski definition) is 2. The minimum Gasteiger partial charge on any atom is -0.388 e. The fourth-order valence-electron chi connectivity index (χ4n) is 1.06. The first-order valence-electron chi connectivity index (χ1n) is 4.54. The van der Waals surface area contributed by atoms with E-state index in [2.05, 4.69) is 13.8 Å². The third-order valence-electron chi connectivity index (χ3n) is 1.77. The Bertz CT molecular complexity index is 233. The van der Waals surface area contributed by atoms with Crippen LogP contribution in [0.1, 0.15) is 25.5 Å². The van der Waals surface area contributed by atoms with Gasteiger partial charge in [0.25, 0.3) is 0 Å². The van der Waals surface area contributed by atoms with Crippen molar-refractivity contribution in [3.63, 3.8) is 0 Å². The Morgan fingerprint density at radius 3 is 2.38 bits per heavy atom. The van der Waals surface area contributed by atoms with Crippen molar-refractivity contribution < 1.29 is 5.11 Å². The second-order valence-electron chi connectivity index (χ2n) is 3.31. The molecule has 0 aromatic heterocycles. The minimum atomic E-state index is -0.325. The second-order valence-corrected chi connectivity index (χ2v) is 4.92. The monoisotopic (exact) mass is 196 g/mol. The topological polar surface area (TPSA) is 20.2 Å². The lowest BCUT2D eigenvalue weighted by Crippen LogP contribution is -2.02. The molecule has 0 heterocycles. The number of benzene rings is 1. The van der Waals surface area contributed by atoms with Gasteiger partial charge in [-0.15, -0.1) is 0 Å². The summed E-state index contributed by atoms with van der Waals surface area (Å²) in [4.78, 5) is 0. The molecule has 0 amide bonds. The molecule has 0 aliphatic rings. The Hall–Kier alpha value is -0.470. The molecular weight excluding hydrogens is 180 g/mol. The fraction of sp³-hybridized carbons (Fsp3) is 0.455. The molecule has 0 saturated heterocycles. The zero-order chi connectivity index (χ0) is 9.68. The molecule has 0 bridgehead atoms. The summed E-state index contributed by atoms with van der Waals surface area (Å²) < 4.78 is 0. The van der Waals surface area contributed by atoms with Gasteiger partial charge in [0.2, 0.25) is 0 Å². The van der Waals surface area contributed by atoms with Crippen LogP contribution in [0.25, 0.3) is 0 Å². The Labute approximate surface area is 84.2 Å². The van der Waals surface area contributed by atoms with Gasteiger partial charge < -0.3 is 5.11 Å². The van der Waals surface area contributed by atoms with Crippen molar-refractivity contribution in [2.75, 3.05) is 5.75 Å². The van der Waals surface area contributed by atoms with Gasteiger partial charge in [-0.05, 0) is 10.8 Å². The molecule has 1 unspecified atom stereocenters. The molecule has 2 heteroatoms. The van der Waals surface area contributed by atoms with Gasteiger partial charge in [0.15, 0.2) is 0 Å². The molecule has 1 N–H and O–H groups in total. The highest BCUT2D eigenvalue weighted by Crippen LogP contribution is 2.20. The zero-order valence-corrected chi connectivity index (χ0v) is 8.92. The molecule has 1 aromatic rings. The van der Waals surface area contributed by atoms with E-state index in [1.807, 2.05) is 30.3 Å². The second kappa shape index (κ2) is 5.30. The summed E-state index contributed by atoms with van der Waals surface area (Å²) in [6.45, 7) is 4.28. The molecule has 0 saturated carbocycles. The highest BCUT2D eigenvalue weighted by Gasteiger charge is 2.07. The smallest absolute Gasteiger partial charge is 0.0880 e. The average molecular weight is 196 g/mol. The van der Waals surface area contributed by atoms with Crippen molar-refractivity contribution in [3.8, 4) is 0 Å². The SMILES string of the molecule is CC(C)SCC(O)c1ccccc1. The van der Waals surface area contributed by atoms with Gasteiger partial charge in [-0.2, -0.15) is 11.8 Å². The molecule has 0 aliphatic carbocycles. The van der Waals surface area contributed by atoms with Crippen LogP contribution in [0, 0.1) is 0 Å². The van der Waals surface area contributed by atoms with E-state index in [0.29, 0.717) is 5.25 Å². The number of thioether (sulfide) groups is 1. The number of aliphatic hydroxyl groups excluding tert-OH is 1. The van der Waals surface area contributed by atoms with Crippen LogP contribution in [0.4, 0.5) is 0 Å². The molecular formula is C11H16OS. The van der Waals surface area contributed by atoms with Crippen molar-refractivity contribution in [2.24, 2.45) is 0 Å². The third-order valence-corrected chi connectivity index (χ3v) is 2.95. The molecule has 1 atom stereocenters. The number of aliphatic hydroxyl groups is 1. The zero-order valence-electron chi connectivity index (χ0n) is 8.10. The van der Waals surface area contributed by atoms with E-state index in [4.69, 9.17) is 0 Å². The molecule has 0 spiro atoms.